The topological polar surface area (TPSA) is 15.3 Å². The van der Waals surface area contributed by atoms with Crippen LogP contribution in [-0.2, 0) is 0 Å². The summed E-state index contributed by atoms with van der Waals surface area (Å²) in [5, 5.41) is 3.46. The molecule has 1 aromatic rings. The summed E-state index contributed by atoms with van der Waals surface area (Å²) in [6.07, 6.45) is 2.73. The molecule has 17 heavy (non-hydrogen) atoms. The minimum atomic E-state index is 0.465. The highest BCUT2D eigenvalue weighted by Gasteiger charge is 2.17. The second-order valence-electron chi connectivity index (χ2n) is 5.27. The minimum Gasteiger partial charge on any atom is -0.312 e. The lowest BCUT2D eigenvalue weighted by molar-refractivity contribution is 0.299. The second kappa shape index (κ2) is 5.65. The van der Waals surface area contributed by atoms with Gasteiger partial charge < -0.3 is 10.2 Å². The summed E-state index contributed by atoms with van der Waals surface area (Å²) >= 11 is 0. The minimum absolute atomic E-state index is 0.465. The Morgan fingerprint density at radius 2 is 1.71 bits per heavy atom. The van der Waals surface area contributed by atoms with Crippen LogP contribution in [-0.4, -0.2) is 31.6 Å². The number of aryl methyl sites for hydroxylation is 2. The van der Waals surface area contributed by atoms with Crippen molar-refractivity contribution in [2.24, 2.45) is 0 Å². The van der Waals surface area contributed by atoms with Crippen molar-refractivity contribution in [3.8, 4) is 0 Å². The zero-order valence-corrected chi connectivity index (χ0v) is 11.3. The van der Waals surface area contributed by atoms with Crippen LogP contribution in [0.3, 0.4) is 0 Å². The van der Waals surface area contributed by atoms with E-state index >= 15 is 0 Å². The number of benzene rings is 1. The molecular formula is C15H24N2. The number of nitrogens with zero attached hydrogens (tertiary/aromatic N) is 1. The molecule has 0 aromatic heterocycles. The van der Waals surface area contributed by atoms with Gasteiger partial charge in [-0.15, -0.1) is 0 Å². The first-order valence-corrected chi connectivity index (χ1v) is 6.67. The van der Waals surface area contributed by atoms with Gasteiger partial charge in [0.1, 0.15) is 0 Å². The maximum atomic E-state index is 3.46. The van der Waals surface area contributed by atoms with Crippen molar-refractivity contribution < 1.29 is 0 Å². The third-order valence-corrected chi connectivity index (χ3v) is 3.63. The number of nitrogens with one attached hydrogen (secondary N) is 1. The van der Waals surface area contributed by atoms with E-state index in [-0.39, 0.29) is 0 Å². The van der Waals surface area contributed by atoms with Crippen molar-refractivity contribution in [3.05, 3.63) is 34.9 Å². The second-order valence-corrected chi connectivity index (χ2v) is 5.27. The average Bonchev–Trinajstić information content (AvgIpc) is 2.77. The molecule has 2 nitrogen and oxygen atoms in total. The lowest BCUT2D eigenvalue weighted by atomic mass is 10.0. The molecule has 1 saturated heterocycles. The Morgan fingerprint density at radius 1 is 1.12 bits per heavy atom. The van der Waals surface area contributed by atoms with E-state index in [4.69, 9.17) is 0 Å². The summed E-state index contributed by atoms with van der Waals surface area (Å²) in [6.45, 7) is 8.03. The SMILES string of the molecule is CNC(CN1CCCC1)c1cc(C)cc(C)c1. The molecule has 94 valence electrons. The number of rotatable bonds is 4. The molecule has 1 atom stereocenters. The summed E-state index contributed by atoms with van der Waals surface area (Å²) in [4.78, 5) is 2.57. The van der Waals surface area contributed by atoms with Crippen molar-refractivity contribution >= 4 is 0 Å². The predicted octanol–water partition coefficient (Wildman–Crippen LogP) is 2.66. The van der Waals surface area contributed by atoms with E-state index in [0.717, 1.165) is 6.54 Å². The molecule has 0 aliphatic carbocycles. The van der Waals surface area contributed by atoms with Crippen LogP contribution in [0.2, 0.25) is 0 Å². The predicted molar refractivity (Wildman–Crippen MR) is 73.4 cm³/mol. The van der Waals surface area contributed by atoms with Gasteiger partial charge in [-0.05, 0) is 52.4 Å². The van der Waals surface area contributed by atoms with Gasteiger partial charge in [-0.25, -0.2) is 0 Å². The van der Waals surface area contributed by atoms with E-state index in [9.17, 15) is 0 Å². The first kappa shape index (κ1) is 12.6. The van der Waals surface area contributed by atoms with Crippen LogP contribution in [0.1, 0.15) is 35.6 Å². The van der Waals surface area contributed by atoms with Crippen LogP contribution in [0, 0.1) is 13.8 Å². The lowest BCUT2D eigenvalue weighted by Gasteiger charge is -2.24. The van der Waals surface area contributed by atoms with Gasteiger partial charge in [-0.2, -0.15) is 0 Å². The third kappa shape index (κ3) is 3.30. The molecule has 1 aliphatic rings. The van der Waals surface area contributed by atoms with Crippen LogP contribution in [0.25, 0.3) is 0 Å². The van der Waals surface area contributed by atoms with E-state index in [0.29, 0.717) is 6.04 Å². The van der Waals surface area contributed by atoms with Crippen molar-refractivity contribution in [3.63, 3.8) is 0 Å². The largest absolute Gasteiger partial charge is 0.312 e. The van der Waals surface area contributed by atoms with Gasteiger partial charge in [0, 0.05) is 12.6 Å². The molecule has 1 fully saturated rings. The first-order valence-electron chi connectivity index (χ1n) is 6.67. The Labute approximate surface area is 105 Å². The van der Waals surface area contributed by atoms with Crippen molar-refractivity contribution in [1.29, 1.82) is 0 Å². The standard InChI is InChI=1S/C15H24N2/c1-12-8-13(2)10-14(9-12)15(16-3)11-17-6-4-5-7-17/h8-10,15-16H,4-7,11H2,1-3H3. The fourth-order valence-corrected chi connectivity index (χ4v) is 2.80. The van der Waals surface area contributed by atoms with E-state index in [1.165, 1.54) is 42.6 Å². The van der Waals surface area contributed by atoms with Gasteiger partial charge in [-0.3, -0.25) is 0 Å². The monoisotopic (exact) mass is 232 g/mol. The molecule has 1 aliphatic heterocycles. The van der Waals surface area contributed by atoms with Gasteiger partial charge in [0.2, 0.25) is 0 Å². The summed E-state index contributed by atoms with van der Waals surface area (Å²) < 4.78 is 0. The Kier molecular flexibility index (Phi) is 4.19. The summed E-state index contributed by atoms with van der Waals surface area (Å²) in [5.41, 5.74) is 4.15. The fourth-order valence-electron chi connectivity index (χ4n) is 2.80. The van der Waals surface area contributed by atoms with Crippen LogP contribution >= 0.6 is 0 Å². The third-order valence-electron chi connectivity index (χ3n) is 3.63. The Hall–Kier alpha value is -0.860. The van der Waals surface area contributed by atoms with Crippen molar-refractivity contribution in [2.45, 2.75) is 32.7 Å². The molecule has 0 spiro atoms. The Morgan fingerprint density at radius 3 is 2.24 bits per heavy atom. The number of likely N-dealkylation sites (tertiary alicyclic amines) is 1. The van der Waals surface area contributed by atoms with Gasteiger partial charge in [0.05, 0.1) is 0 Å². The summed E-state index contributed by atoms with van der Waals surface area (Å²) in [5.74, 6) is 0. The maximum absolute atomic E-state index is 3.46. The van der Waals surface area contributed by atoms with Crippen molar-refractivity contribution in [2.75, 3.05) is 26.7 Å². The molecular weight excluding hydrogens is 208 g/mol. The normalized spacial score (nSPS) is 18.5. The summed E-state index contributed by atoms with van der Waals surface area (Å²) in [6, 6.07) is 7.33. The summed E-state index contributed by atoms with van der Waals surface area (Å²) in [7, 11) is 2.07. The van der Waals surface area contributed by atoms with Crippen molar-refractivity contribution in [1.82, 2.24) is 10.2 Å². The molecule has 0 amide bonds. The van der Waals surface area contributed by atoms with Crippen LogP contribution in [0.5, 0.6) is 0 Å². The highest BCUT2D eigenvalue weighted by atomic mass is 15.2. The maximum Gasteiger partial charge on any atom is 0.0447 e. The molecule has 2 heteroatoms. The molecule has 0 radical (unpaired) electrons. The Balaban J connectivity index is 2.10. The molecule has 1 unspecified atom stereocenters. The quantitative estimate of drug-likeness (QED) is 0.858. The van der Waals surface area contributed by atoms with Gasteiger partial charge in [0.25, 0.3) is 0 Å². The van der Waals surface area contributed by atoms with Gasteiger partial charge >= 0.3 is 0 Å². The smallest absolute Gasteiger partial charge is 0.0447 e. The number of hydrogen-bond acceptors (Lipinski definition) is 2. The van der Waals surface area contributed by atoms with E-state index in [1.54, 1.807) is 0 Å². The zero-order valence-electron chi connectivity index (χ0n) is 11.3. The lowest BCUT2D eigenvalue weighted by Crippen LogP contribution is -2.32. The molecule has 0 saturated carbocycles. The highest BCUT2D eigenvalue weighted by Crippen LogP contribution is 2.19. The molecule has 1 N–H and O–H groups in total. The Bertz CT molecular complexity index is 347. The van der Waals surface area contributed by atoms with Gasteiger partial charge in [-0.1, -0.05) is 29.3 Å². The van der Waals surface area contributed by atoms with E-state index in [1.807, 2.05) is 0 Å². The van der Waals surface area contributed by atoms with E-state index in [2.05, 4.69) is 49.3 Å². The molecule has 0 bridgehead atoms. The van der Waals surface area contributed by atoms with Crippen LogP contribution in [0.15, 0.2) is 18.2 Å². The van der Waals surface area contributed by atoms with E-state index < -0.39 is 0 Å². The highest BCUT2D eigenvalue weighted by molar-refractivity contribution is 5.30. The fraction of sp³-hybridized carbons (Fsp3) is 0.600. The van der Waals surface area contributed by atoms with Crippen LogP contribution in [0.4, 0.5) is 0 Å². The molecule has 1 heterocycles. The number of likely N-dealkylation sites (N-methyl/N-ethyl adjacent to an activating group) is 1. The van der Waals surface area contributed by atoms with Gasteiger partial charge in [0.15, 0.2) is 0 Å². The zero-order chi connectivity index (χ0) is 12.3. The molecule has 1 aromatic carbocycles. The molecule has 2 rings (SSSR count). The van der Waals surface area contributed by atoms with Crippen LogP contribution < -0.4 is 5.32 Å². The number of hydrogen-bond donors (Lipinski definition) is 1. The first-order chi connectivity index (χ1) is 8.19. The average molecular weight is 232 g/mol.